The van der Waals surface area contributed by atoms with Gasteiger partial charge in [0.2, 0.25) is 0 Å². The second-order valence-corrected chi connectivity index (χ2v) is 4.72. The van der Waals surface area contributed by atoms with Crippen LogP contribution < -0.4 is 0 Å². The van der Waals surface area contributed by atoms with E-state index < -0.39 is 0 Å². The van der Waals surface area contributed by atoms with E-state index in [0.717, 1.165) is 13.0 Å². The zero-order chi connectivity index (χ0) is 10.7. The molecule has 0 aromatic rings. The Morgan fingerprint density at radius 3 is 2.73 bits per heavy atom. The van der Waals surface area contributed by atoms with Crippen LogP contribution in [0.4, 0.5) is 0 Å². The first-order valence-electron chi connectivity index (χ1n) is 6.20. The van der Waals surface area contributed by atoms with E-state index in [-0.39, 0.29) is 11.9 Å². The van der Waals surface area contributed by atoms with Crippen LogP contribution in [0.15, 0.2) is 0 Å². The van der Waals surface area contributed by atoms with Crippen LogP contribution in [0.5, 0.6) is 0 Å². The van der Waals surface area contributed by atoms with Crippen molar-refractivity contribution in [3.05, 3.63) is 0 Å². The lowest BCUT2D eigenvalue weighted by Gasteiger charge is -2.26. The van der Waals surface area contributed by atoms with Gasteiger partial charge in [0.25, 0.3) is 0 Å². The Kier molecular flexibility index (Phi) is 3.62. The van der Waals surface area contributed by atoms with E-state index in [0.29, 0.717) is 12.5 Å². The Bertz CT molecular complexity index is 224. The number of carbonyl (C=O) groups is 1. The van der Waals surface area contributed by atoms with Crippen LogP contribution in [0.2, 0.25) is 0 Å². The third-order valence-electron chi connectivity index (χ3n) is 3.45. The largest absolute Gasteiger partial charge is 0.466 e. The van der Waals surface area contributed by atoms with Gasteiger partial charge in [-0.05, 0) is 45.2 Å². The van der Waals surface area contributed by atoms with Crippen molar-refractivity contribution < 1.29 is 9.53 Å². The number of nitrogens with zero attached hydrogens (tertiary/aromatic N) is 1. The highest BCUT2D eigenvalue weighted by Gasteiger charge is 2.44. The van der Waals surface area contributed by atoms with Crippen molar-refractivity contribution in [2.24, 2.45) is 11.8 Å². The SMILES string of the molecule is CCOC(=O)C1CC1CN1CCCCC1. The monoisotopic (exact) mass is 211 g/mol. The average molecular weight is 211 g/mol. The predicted octanol–water partition coefficient (Wildman–Crippen LogP) is 1.67. The summed E-state index contributed by atoms with van der Waals surface area (Å²) in [6.07, 6.45) is 5.09. The molecule has 1 saturated heterocycles. The molecule has 0 bridgehead atoms. The van der Waals surface area contributed by atoms with Gasteiger partial charge in [-0.1, -0.05) is 6.42 Å². The summed E-state index contributed by atoms with van der Waals surface area (Å²) in [5, 5.41) is 0. The first-order valence-corrected chi connectivity index (χ1v) is 6.20. The van der Waals surface area contributed by atoms with Crippen molar-refractivity contribution in [1.29, 1.82) is 0 Å². The van der Waals surface area contributed by atoms with E-state index in [4.69, 9.17) is 4.74 Å². The zero-order valence-corrected chi connectivity index (χ0v) is 9.58. The van der Waals surface area contributed by atoms with E-state index >= 15 is 0 Å². The summed E-state index contributed by atoms with van der Waals surface area (Å²) in [6.45, 7) is 5.97. The average Bonchev–Trinajstić information content (AvgIpc) is 2.99. The van der Waals surface area contributed by atoms with Gasteiger partial charge in [-0.15, -0.1) is 0 Å². The third kappa shape index (κ3) is 2.94. The summed E-state index contributed by atoms with van der Waals surface area (Å²) in [5.74, 6) is 0.827. The Labute approximate surface area is 91.8 Å². The molecule has 86 valence electrons. The van der Waals surface area contributed by atoms with E-state index in [1.807, 2.05) is 6.92 Å². The van der Waals surface area contributed by atoms with Gasteiger partial charge in [-0.25, -0.2) is 0 Å². The van der Waals surface area contributed by atoms with Crippen LogP contribution in [-0.4, -0.2) is 37.1 Å². The van der Waals surface area contributed by atoms with Gasteiger partial charge >= 0.3 is 5.97 Å². The standard InChI is InChI=1S/C12H21NO2/c1-2-15-12(14)11-8-10(11)9-13-6-4-3-5-7-13/h10-11H,2-9H2,1H3. The molecule has 0 radical (unpaired) electrons. The molecule has 15 heavy (non-hydrogen) atoms. The number of piperidine rings is 1. The molecule has 0 spiro atoms. The molecule has 0 amide bonds. The molecule has 0 aromatic carbocycles. The van der Waals surface area contributed by atoms with Crippen LogP contribution in [0, 0.1) is 11.8 Å². The van der Waals surface area contributed by atoms with Crippen molar-refractivity contribution in [1.82, 2.24) is 4.90 Å². The second kappa shape index (κ2) is 4.97. The maximum Gasteiger partial charge on any atom is 0.309 e. The molecule has 1 aliphatic carbocycles. The minimum atomic E-state index is 0.0273. The molecule has 2 rings (SSSR count). The summed E-state index contributed by atoms with van der Waals surface area (Å²) in [7, 11) is 0. The van der Waals surface area contributed by atoms with Crippen LogP contribution in [0.1, 0.15) is 32.6 Å². The van der Waals surface area contributed by atoms with E-state index in [1.54, 1.807) is 0 Å². The lowest BCUT2D eigenvalue weighted by molar-refractivity contribution is -0.145. The van der Waals surface area contributed by atoms with Crippen LogP contribution in [-0.2, 0) is 9.53 Å². The highest BCUT2D eigenvalue weighted by atomic mass is 16.5. The zero-order valence-electron chi connectivity index (χ0n) is 9.58. The van der Waals surface area contributed by atoms with Crippen molar-refractivity contribution in [2.45, 2.75) is 32.6 Å². The second-order valence-electron chi connectivity index (χ2n) is 4.72. The molecule has 2 aliphatic rings. The molecule has 0 aromatic heterocycles. The highest BCUT2D eigenvalue weighted by Crippen LogP contribution is 2.40. The van der Waals surface area contributed by atoms with E-state index in [1.165, 1.54) is 32.4 Å². The fraction of sp³-hybridized carbons (Fsp3) is 0.917. The van der Waals surface area contributed by atoms with Crippen LogP contribution >= 0.6 is 0 Å². The Morgan fingerprint density at radius 1 is 1.33 bits per heavy atom. The van der Waals surface area contributed by atoms with Gasteiger partial charge in [-0.3, -0.25) is 4.79 Å². The van der Waals surface area contributed by atoms with Crippen LogP contribution in [0.3, 0.4) is 0 Å². The lowest BCUT2D eigenvalue weighted by atomic mass is 10.1. The Morgan fingerprint density at radius 2 is 2.07 bits per heavy atom. The van der Waals surface area contributed by atoms with Crippen molar-refractivity contribution >= 4 is 5.97 Å². The summed E-state index contributed by atoms with van der Waals surface area (Å²) in [4.78, 5) is 13.9. The molecular formula is C12H21NO2. The smallest absolute Gasteiger partial charge is 0.309 e. The van der Waals surface area contributed by atoms with Crippen molar-refractivity contribution in [3.63, 3.8) is 0 Å². The number of carbonyl (C=O) groups excluding carboxylic acids is 1. The predicted molar refractivity (Wildman–Crippen MR) is 58.5 cm³/mol. The van der Waals surface area contributed by atoms with Crippen molar-refractivity contribution in [2.75, 3.05) is 26.2 Å². The molecule has 3 heteroatoms. The number of ether oxygens (including phenoxy) is 1. The van der Waals surface area contributed by atoms with Crippen LogP contribution in [0.25, 0.3) is 0 Å². The maximum absolute atomic E-state index is 11.4. The number of hydrogen-bond donors (Lipinski definition) is 0. The van der Waals surface area contributed by atoms with Gasteiger partial charge in [0, 0.05) is 6.54 Å². The lowest BCUT2D eigenvalue weighted by Crippen LogP contribution is -2.32. The molecule has 2 atom stereocenters. The normalized spacial score (nSPS) is 31.3. The first-order chi connectivity index (χ1) is 7.31. The Balaban J connectivity index is 1.67. The Hall–Kier alpha value is -0.570. The number of hydrogen-bond acceptors (Lipinski definition) is 3. The van der Waals surface area contributed by atoms with Gasteiger partial charge in [-0.2, -0.15) is 0 Å². The minimum Gasteiger partial charge on any atom is -0.466 e. The topological polar surface area (TPSA) is 29.5 Å². The summed E-state index contributed by atoms with van der Waals surface area (Å²) < 4.78 is 5.03. The maximum atomic E-state index is 11.4. The summed E-state index contributed by atoms with van der Waals surface area (Å²) in [5.41, 5.74) is 0. The van der Waals surface area contributed by atoms with Gasteiger partial charge in [0.05, 0.1) is 12.5 Å². The van der Waals surface area contributed by atoms with E-state index in [2.05, 4.69) is 4.90 Å². The fourth-order valence-electron chi connectivity index (χ4n) is 2.46. The first kappa shape index (κ1) is 10.9. The fourth-order valence-corrected chi connectivity index (χ4v) is 2.46. The molecule has 2 unspecified atom stereocenters. The molecule has 1 heterocycles. The van der Waals surface area contributed by atoms with Gasteiger partial charge in [0.1, 0.15) is 0 Å². The van der Waals surface area contributed by atoms with E-state index in [9.17, 15) is 4.79 Å². The number of likely N-dealkylation sites (tertiary alicyclic amines) is 1. The molecule has 1 saturated carbocycles. The summed E-state index contributed by atoms with van der Waals surface area (Å²) >= 11 is 0. The quantitative estimate of drug-likeness (QED) is 0.662. The number of esters is 1. The summed E-state index contributed by atoms with van der Waals surface area (Å²) in [6, 6.07) is 0. The van der Waals surface area contributed by atoms with Gasteiger partial charge in [0.15, 0.2) is 0 Å². The highest BCUT2D eigenvalue weighted by molar-refractivity contribution is 5.75. The van der Waals surface area contributed by atoms with Gasteiger partial charge < -0.3 is 9.64 Å². The molecule has 0 N–H and O–H groups in total. The molecular weight excluding hydrogens is 190 g/mol. The number of rotatable bonds is 4. The van der Waals surface area contributed by atoms with Crippen molar-refractivity contribution in [3.8, 4) is 0 Å². The molecule has 2 fully saturated rings. The minimum absolute atomic E-state index is 0.0273. The third-order valence-corrected chi connectivity index (χ3v) is 3.45. The molecule has 1 aliphatic heterocycles. The molecule has 3 nitrogen and oxygen atoms in total.